The minimum absolute atomic E-state index is 0.175. The predicted molar refractivity (Wildman–Crippen MR) is 238 cm³/mol. The summed E-state index contributed by atoms with van der Waals surface area (Å²) in [5.74, 6) is 3.52. The molecule has 3 aliphatic rings. The third kappa shape index (κ3) is 4.33. The molecule has 0 radical (unpaired) electrons. The van der Waals surface area contributed by atoms with Crippen molar-refractivity contribution in [3.8, 4) is 67.9 Å². The van der Waals surface area contributed by atoms with Gasteiger partial charge in [-0.1, -0.05) is 159 Å². The van der Waals surface area contributed by atoms with Crippen molar-refractivity contribution >= 4 is 21.9 Å². The second-order valence-corrected chi connectivity index (χ2v) is 16.6. The highest BCUT2D eigenvalue weighted by Gasteiger charge is 2.51. The largest absolute Gasteiger partial charge is 0.457 e. The van der Waals surface area contributed by atoms with Crippen LogP contribution in [0, 0.1) is 0 Å². The fourth-order valence-corrected chi connectivity index (χ4v) is 10.6. The fraction of sp³-hybridized carbons (Fsp3) is 0.0727. The van der Waals surface area contributed by atoms with E-state index < -0.39 is 5.41 Å². The van der Waals surface area contributed by atoms with E-state index in [2.05, 4.69) is 172 Å². The van der Waals surface area contributed by atoms with Crippen LogP contribution in [0.4, 0.5) is 0 Å². The molecule has 282 valence electrons. The Labute approximate surface area is 346 Å². The molecule has 2 aromatic heterocycles. The molecule has 0 saturated heterocycles. The molecule has 8 aromatic carbocycles. The van der Waals surface area contributed by atoms with E-state index in [0.29, 0.717) is 17.5 Å². The number of ether oxygens (including phenoxy) is 1. The van der Waals surface area contributed by atoms with E-state index in [0.717, 1.165) is 66.8 Å². The van der Waals surface area contributed by atoms with E-state index in [-0.39, 0.29) is 5.41 Å². The van der Waals surface area contributed by atoms with Crippen LogP contribution in [0.15, 0.2) is 180 Å². The van der Waals surface area contributed by atoms with E-state index >= 15 is 0 Å². The van der Waals surface area contributed by atoms with Crippen LogP contribution >= 0.6 is 0 Å². The second kappa shape index (κ2) is 12.0. The smallest absolute Gasteiger partial charge is 0.167 e. The van der Waals surface area contributed by atoms with Gasteiger partial charge in [-0.2, -0.15) is 0 Å². The van der Waals surface area contributed by atoms with Gasteiger partial charge in [0.05, 0.1) is 11.0 Å². The van der Waals surface area contributed by atoms with Crippen molar-refractivity contribution in [2.75, 3.05) is 0 Å². The van der Waals surface area contributed by atoms with Gasteiger partial charge in [-0.25, -0.2) is 15.0 Å². The third-order valence-electron chi connectivity index (χ3n) is 13.2. The molecule has 2 aliphatic carbocycles. The Kier molecular flexibility index (Phi) is 6.65. The molecule has 1 spiro atoms. The van der Waals surface area contributed by atoms with Crippen molar-refractivity contribution < 1.29 is 9.15 Å². The lowest BCUT2D eigenvalue weighted by atomic mass is 9.66. The van der Waals surface area contributed by atoms with E-state index in [1.165, 1.54) is 38.9 Å². The van der Waals surface area contributed by atoms with Crippen LogP contribution in [0.5, 0.6) is 11.5 Å². The predicted octanol–water partition coefficient (Wildman–Crippen LogP) is 13.5. The SMILES string of the molecule is CC1(C)c2ccccc2-c2c(-c3nc(-c4ccc5c(c4)-c4ccccc4C54c5ccccc5Oc5ccccc54)nc(-c4cccc5c4oc4ccccc45)n3)cccc21. The maximum absolute atomic E-state index is 6.59. The van der Waals surface area contributed by atoms with E-state index in [1.807, 2.05) is 18.2 Å². The van der Waals surface area contributed by atoms with Gasteiger partial charge >= 0.3 is 0 Å². The van der Waals surface area contributed by atoms with Crippen LogP contribution in [-0.4, -0.2) is 15.0 Å². The topological polar surface area (TPSA) is 61.0 Å². The van der Waals surface area contributed by atoms with E-state index in [9.17, 15) is 0 Å². The van der Waals surface area contributed by atoms with Crippen molar-refractivity contribution in [2.24, 2.45) is 0 Å². The molecule has 0 N–H and O–H groups in total. The molecule has 1 aliphatic heterocycles. The van der Waals surface area contributed by atoms with Crippen molar-refractivity contribution in [3.63, 3.8) is 0 Å². The number of furan rings is 1. The van der Waals surface area contributed by atoms with Gasteiger partial charge in [-0.05, 0) is 74.8 Å². The average Bonchev–Trinajstić information content (AvgIpc) is 3.90. The van der Waals surface area contributed by atoms with Crippen LogP contribution in [0.3, 0.4) is 0 Å². The molecule has 0 fully saturated rings. The number of rotatable bonds is 3. The molecule has 13 rings (SSSR count). The van der Waals surface area contributed by atoms with Gasteiger partial charge in [0.1, 0.15) is 22.7 Å². The Morgan fingerprint density at radius 3 is 1.75 bits per heavy atom. The molecular formula is C55H35N3O2. The molecule has 5 heteroatoms. The maximum atomic E-state index is 6.59. The van der Waals surface area contributed by atoms with Gasteiger partial charge in [0.2, 0.25) is 0 Å². The summed E-state index contributed by atoms with van der Waals surface area (Å²) in [4.78, 5) is 16.1. The van der Waals surface area contributed by atoms with Crippen molar-refractivity contribution in [3.05, 3.63) is 209 Å². The lowest BCUT2D eigenvalue weighted by molar-refractivity contribution is 0.436. The summed E-state index contributed by atoms with van der Waals surface area (Å²) in [6.07, 6.45) is 0. The highest BCUT2D eigenvalue weighted by molar-refractivity contribution is 6.09. The first-order valence-corrected chi connectivity index (χ1v) is 20.5. The van der Waals surface area contributed by atoms with Crippen LogP contribution < -0.4 is 4.74 Å². The zero-order valence-electron chi connectivity index (χ0n) is 32.9. The molecule has 3 heterocycles. The van der Waals surface area contributed by atoms with Crippen molar-refractivity contribution in [2.45, 2.75) is 24.7 Å². The Bertz CT molecular complexity index is 3420. The van der Waals surface area contributed by atoms with Gasteiger partial charge in [0.15, 0.2) is 17.5 Å². The number of para-hydroxylation sites is 4. The van der Waals surface area contributed by atoms with Crippen molar-refractivity contribution in [1.29, 1.82) is 0 Å². The number of benzene rings is 8. The third-order valence-corrected chi connectivity index (χ3v) is 13.2. The standard InChI is InChI=1S/C55H35N3O2/c1-54(2)40-21-6-4-17-36(40)49-37(19-14-25-45(49)54)52-56-51(57-53(58-52)38-20-13-18-35-34-16-5-10-26-46(34)60-50(35)38)32-29-30-42-39(31-32)33-15-3-7-22-41(33)55(42)43-23-8-11-27-47(43)59-48-28-12-9-24-44(48)55/h3-31H,1-2H3. The summed E-state index contributed by atoms with van der Waals surface area (Å²) in [5, 5.41) is 2.09. The maximum Gasteiger partial charge on any atom is 0.167 e. The summed E-state index contributed by atoms with van der Waals surface area (Å²) in [6, 6.07) is 62.1. The number of aromatic nitrogens is 3. The number of nitrogens with zero attached hydrogens (tertiary/aromatic N) is 3. The zero-order chi connectivity index (χ0) is 39.7. The molecule has 0 unspecified atom stereocenters. The molecule has 0 saturated carbocycles. The number of fused-ring (bicyclic) bond motifs is 15. The summed E-state index contributed by atoms with van der Waals surface area (Å²) in [5.41, 5.74) is 15.5. The van der Waals surface area contributed by atoms with Gasteiger partial charge in [0.25, 0.3) is 0 Å². The summed E-state index contributed by atoms with van der Waals surface area (Å²) in [7, 11) is 0. The highest BCUT2D eigenvalue weighted by Crippen LogP contribution is 2.62. The minimum Gasteiger partial charge on any atom is -0.457 e. The second-order valence-electron chi connectivity index (χ2n) is 16.6. The molecule has 0 amide bonds. The normalized spacial score (nSPS) is 14.6. The van der Waals surface area contributed by atoms with E-state index in [1.54, 1.807) is 0 Å². The van der Waals surface area contributed by atoms with Gasteiger partial charge in [-0.3, -0.25) is 0 Å². The number of hydrogen-bond donors (Lipinski definition) is 0. The van der Waals surface area contributed by atoms with E-state index in [4.69, 9.17) is 24.1 Å². The number of hydrogen-bond acceptors (Lipinski definition) is 5. The first kappa shape index (κ1) is 33.4. The van der Waals surface area contributed by atoms with Crippen LogP contribution in [0.25, 0.3) is 78.4 Å². The van der Waals surface area contributed by atoms with Crippen molar-refractivity contribution in [1.82, 2.24) is 15.0 Å². The molecule has 10 aromatic rings. The lowest BCUT2D eigenvalue weighted by Gasteiger charge is -2.39. The molecule has 0 atom stereocenters. The Morgan fingerprint density at radius 1 is 0.400 bits per heavy atom. The van der Waals surface area contributed by atoms with Crippen LogP contribution in [0.2, 0.25) is 0 Å². The summed E-state index contributed by atoms with van der Waals surface area (Å²) in [6.45, 7) is 4.61. The van der Waals surface area contributed by atoms with Crippen LogP contribution in [0.1, 0.15) is 47.2 Å². The highest BCUT2D eigenvalue weighted by atomic mass is 16.5. The monoisotopic (exact) mass is 769 g/mol. The molecule has 0 bridgehead atoms. The van der Waals surface area contributed by atoms with Crippen LogP contribution in [-0.2, 0) is 10.8 Å². The molecule has 5 nitrogen and oxygen atoms in total. The van der Waals surface area contributed by atoms with Gasteiger partial charge < -0.3 is 9.15 Å². The summed E-state index contributed by atoms with van der Waals surface area (Å²) < 4.78 is 13.2. The zero-order valence-corrected chi connectivity index (χ0v) is 32.9. The van der Waals surface area contributed by atoms with Gasteiger partial charge in [-0.15, -0.1) is 0 Å². The first-order chi connectivity index (χ1) is 29.5. The minimum atomic E-state index is -0.562. The average molecular weight is 770 g/mol. The Balaban J connectivity index is 1.08. The lowest BCUT2D eigenvalue weighted by Crippen LogP contribution is -2.32. The quantitative estimate of drug-likeness (QED) is 0.179. The molecule has 60 heavy (non-hydrogen) atoms. The Hall–Kier alpha value is -7.63. The molecular weight excluding hydrogens is 735 g/mol. The first-order valence-electron chi connectivity index (χ1n) is 20.5. The fourth-order valence-electron chi connectivity index (χ4n) is 10.6. The summed E-state index contributed by atoms with van der Waals surface area (Å²) >= 11 is 0. The Morgan fingerprint density at radius 2 is 0.950 bits per heavy atom. The van der Waals surface area contributed by atoms with Gasteiger partial charge in [0, 0.05) is 38.4 Å².